The fraction of sp³-hybridized carbons (Fsp3) is 0.465. The van der Waals surface area contributed by atoms with Crippen molar-refractivity contribution in [2.24, 2.45) is 0 Å². The number of carbonyl (C=O) groups excluding carboxylic acids is 4. The van der Waals surface area contributed by atoms with Crippen LogP contribution in [0.2, 0.25) is 0 Å². The van der Waals surface area contributed by atoms with Crippen LogP contribution in [-0.2, 0) is 9.47 Å². The minimum atomic E-state index is -1.09. The van der Waals surface area contributed by atoms with Gasteiger partial charge in [-0.25, -0.2) is 14.4 Å². The number of amides is 4. The third-order valence-electron chi connectivity index (χ3n) is 9.32. The van der Waals surface area contributed by atoms with Gasteiger partial charge in [0.1, 0.15) is 11.2 Å². The molecular weight excluding hydrogens is 867 g/mol. The number of ether oxygens (including phenoxy) is 2. The van der Waals surface area contributed by atoms with E-state index in [4.69, 9.17) is 14.6 Å². The summed E-state index contributed by atoms with van der Waals surface area (Å²) in [5.41, 5.74) is -0.537. The number of hydrogen-bond acceptors (Lipinski definition) is 15. The molecule has 358 valence electrons. The largest absolute Gasteiger partial charge is 0.478 e. The number of piperazine rings is 3. The first kappa shape index (κ1) is 53.1. The number of non-ortho nitro benzene ring substituents is 3. The number of nitrogens with one attached hydrogen (secondary N) is 2. The summed E-state index contributed by atoms with van der Waals surface area (Å²) in [7, 11) is 0. The van der Waals surface area contributed by atoms with Crippen molar-refractivity contribution in [1.29, 1.82) is 0 Å². The van der Waals surface area contributed by atoms with E-state index in [-0.39, 0.29) is 51.7 Å². The van der Waals surface area contributed by atoms with E-state index in [0.717, 1.165) is 51.4 Å². The van der Waals surface area contributed by atoms with Crippen molar-refractivity contribution in [2.75, 3.05) is 78.5 Å². The second-order valence-electron chi connectivity index (χ2n) is 16.7. The molecule has 3 aromatic rings. The van der Waals surface area contributed by atoms with Crippen molar-refractivity contribution in [2.45, 2.75) is 52.7 Å². The number of carbonyl (C=O) groups is 5. The van der Waals surface area contributed by atoms with Crippen molar-refractivity contribution in [3.05, 3.63) is 120 Å². The Hall–Kier alpha value is -7.27. The quantitative estimate of drug-likeness (QED) is 0.215. The molecule has 0 bridgehead atoms. The van der Waals surface area contributed by atoms with Gasteiger partial charge in [0, 0.05) is 126 Å². The Kier molecular flexibility index (Phi) is 19.9. The Balaban J connectivity index is 0.000000243. The van der Waals surface area contributed by atoms with Gasteiger partial charge in [-0.3, -0.25) is 39.9 Å². The van der Waals surface area contributed by atoms with E-state index < -0.39 is 32.4 Å². The molecule has 0 radical (unpaired) electrons. The zero-order chi connectivity index (χ0) is 49.2. The Bertz CT molecular complexity index is 2140. The normalized spacial score (nSPS) is 14.9. The lowest BCUT2D eigenvalue weighted by Crippen LogP contribution is -2.51. The van der Waals surface area contributed by atoms with E-state index in [1.165, 1.54) is 48.5 Å². The number of hydrogen-bond donors (Lipinski definition) is 3. The van der Waals surface area contributed by atoms with Crippen molar-refractivity contribution in [3.8, 4) is 0 Å². The first-order valence-electron chi connectivity index (χ1n) is 20.9. The second-order valence-corrected chi connectivity index (χ2v) is 16.7. The average Bonchev–Trinajstić information content (AvgIpc) is 3.28. The van der Waals surface area contributed by atoms with E-state index in [1.54, 1.807) is 52.5 Å². The first-order valence-corrected chi connectivity index (χ1v) is 20.9. The summed E-state index contributed by atoms with van der Waals surface area (Å²) in [4.78, 5) is 94.9. The van der Waals surface area contributed by atoms with Crippen LogP contribution >= 0.6 is 0 Å². The van der Waals surface area contributed by atoms with Gasteiger partial charge in [-0.15, -0.1) is 0 Å². The minimum Gasteiger partial charge on any atom is -0.478 e. The molecule has 0 atom stereocenters. The molecule has 3 aliphatic rings. The lowest BCUT2D eigenvalue weighted by atomic mass is 10.1. The smallest absolute Gasteiger partial charge is 0.410 e. The second kappa shape index (κ2) is 24.7. The maximum atomic E-state index is 12.4. The third kappa shape index (κ3) is 18.1. The van der Waals surface area contributed by atoms with E-state index in [0.29, 0.717) is 44.8 Å². The molecule has 0 aliphatic carbocycles. The van der Waals surface area contributed by atoms with E-state index in [2.05, 4.69) is 10.6 Å². The van der Waals surface area contributed by atoms with Crippen LogP contribution in [-0.4, -0.2) is 159 Å². The van der Waals surface area contributed by atoms with E-state index in [9.17, 15) is 54.3 Å². The molecule has 4 amide bonds. The van der Waals surface area contributed by atoms with Gasteiger partial charge in [-0.05, 0) is 65.8 Å². The zero-order valence-electron chi connectivity index (χ0n) is 37.8. The van der Waals surface area contributed by atoms with Crippen LogP contribution in [0.1, 0.15) is 72.6 Å². The van der Waals surface area contributed by atoms with Crippen LogP contribution < -0.4 is 10.6 Å². The molecule has 66 heavy (non-hydrogen) atoms. The highest BCUT2D eigenvalue weighted by atomic mass is 16.6. The molecule has 0 saturated carbocycles. The van der Waals surface area contributed by atoms with Crippen LogP contribution in [0.3, 0.4) is 0 Å². The van der Waals surface area contributed by atoms with Gasteiger partial charge >= 0.3 is 18.2 Å². The fourth-order valence-corrected chi connectivity index (χ4v) is 6.06. The molecule has 23 heteroatoms. The van der Waals surface area contributed by atoms with Crippen molar-refractivity contribution >= 4 is 47.0 Å². The number of rotatable bonds is 6. The summed E-state index contributed by atoms with van der Waals surface area (Å²) in [6, 6.07) is 16.2. The SMILES string of the molecule is CC(C)(C)OC(=O)N1CCN(C(=O)c2cccc([N+](=O)[O-])c2)CC1.CC(C)(C)OC(=O)N1CCNCC1.O=C(O)c1ccc([N+](=O)[O-])cc1.O=C(c1cccc([N+](=O)[O-])c1)N1CCNCC1. The Labute approximate surface area is 381 Å². The summed E-state index contributed by atoms with van der Waals surface area (Å²) >= 11 is 0. The number of carboxylic acid groups (broad SMARTS) is 1. The molecule has 3 N–H and O–H groups in total. The van der Waals surface area contributed by atoms with Gasteiger partial charge < -0.3 is 44.8 Å². The number of nitro benzene ring substituents is 3. The molecule has 3 heterocycles. The van der Waals surface area contributed by atoms with Gasteiger partial charge in [0.05, 0.1) is 20.3 Å². The number of benzene rings is 3. The Morgan fingerprint density at radius 2 is 0.833 bits per heavy atom. The maximum Gasteiger partial charge on any atom is 0.410 e. The predicted octanol–water partition coefficient (Wildman–Crippen LogP) is 5.05. The highest BCUT2D eigenvalue weighted by Gasteiger charge is 2.29. The van der Waals surface area contributed by atoms with E-state index >= 15 is 0 Å². The molecule has 3 saturated heterocycles. The van der Waals surface area contributed by atoms with Crippen LogP contribution in [0.5, 0.6) is 0 Å². The number of carboxylic acids is 1. The zero-order valence-corrected chi connectivity index (χ0v) is 37.8. The number of nitrogens with zero attached hydrogens (tertiary/aromatic N) is 7. The Morgan fingerprint density at radius 1 is 0.500 bits per heavy atom. The number of nitro groups is 3. The van der Waals surface area contributed by atoms with Crippen molar-refractivity contribution in [3.63, 3.8) is 0 Å². The molecular formula is C43H57N9O14. The van der Waals surface area contributed by atoms with Gasteiger partial charge in [-0.1, -0.05) is 12.1 Å². The van der Waals surface area contributed by atoms with Gasteiger partial charge in [0.25, 0.3) is 28.9 Å². The highest BCUT2D eigenvalue weighted by Crippen LogP contribution is 2.18. The predicted molar refractivity (Wildman–Crippen MR) is 239 cm³/mol. The lowest BCUT2D eigenvalue weighted by molar-refractivity contribution is -0.385. The van der Waals surface area contributed by atoms with Crippen LogP contribution in [0.15, 0.2) is 72.8 Å². The summed E-state index contributed by atoms with van der Waals surface area (Å²) in [5, 5.41) is 46.3. The standard InChI is InChI=1S/C16H21N3O5.C11H13N3O3.C9H18N2O2.C7H5NO4/c1-16(2,3)24-15(21)18-9-7-17(8-10-18)14(20)12-5-4-6-13(11-12)19(22)23;15-11(13-6-4-12-5-7-13)9-2-1-3-10(8-9)14(16)17;1-9(2,3)13-8(12)11-6-4-10-5-7-11;9-7(10)5-1-3-6(4-2-5)8(11)12/h4-6,11H,7-10H2,1-3H3;1-3,8,12H,4-7H2;10H,4-7H2,1-3H3;1-4H,(H,9,10). The molecule has 6 rings (SSSR count). The van der Waals surface area contributed by atoms with Gasteiger partial charge in [0.2, 0.25) is 0 Å². The maximum absolute atomic E-state index is 12.4. The van der Waals surface area contributed by atoms with Crippen molar-refractivity contribution in [1.82, 2.24) is 30.2 Å². The monoisotopic (exact) mass is 923 g/mol. The lowest BCUT2D eigenvalue weighted by Gasteiger charge is -2.35. The van der Waals surface area contributed by atoms with Crippen LogP contribution in [0.4, 0.5) is 26.7 Å². The molecule has 0 spiro atoms. The number of aromatic carboxylic acids is 1. The van der Waals surface area contributed by atoms with Gasteiger partial charge in [-0.2, -0.15) is 0 Å². The van der Waals surface area contributed by atoms with Crippen LogP contribution in [0, 0.1) is 30.3 Å². The molecule has 3 fully saturated rings. The molecule has 0 aromatic heterocycles. The Morgan fingerprint density at radius 3 is 1.18 bits per heavy atom. The molecule has 3 aromatic carbocycles. The summed E-state index contributed by atoms with van der Waals surface area (Å²) in [6.07, 6.45) is -0.598. The summed E-state index contributed by atoms with van der Waals surface area (Å²) in [5.74, 6) is -1.51. The third-order valence-corrected chi connectivity index (χ3v) is 9.32. The van der Waals surface area contributed by atoms with Crippen LogP contribution in [0.25, 0.3) is 0 Å². The highest BCUT2D eigenvalue weighted by molar-refractivity contribution is 5.95. The summed E-state index contributed by atoms with van der Waals surface area (Å²) < 4.78 is 10.5. The fourth-order valence-electron chi connectivity index (χ4n) is 6.06. The average molecular weight is 924 g/mol. The molecule has 23 nitrogen and oxygen atoms in total. The van der Waals surface area contributed by atoms with Crippen molar-refractivity contribution < 1.29 is 53.3 Å². The molecule has 0 unspecified atom stereocenters. The van der Waals surface area contributed by atoms with E-state index in [1.807, 2.05) is 20.8 Å². The summed E-state index contributed by atoms with van der Waals surface area (Å²) in [6.45, 7) is 18.5. The topological polar surface area (TPSA) is 290 Å². The first-order chi connectivity index (χ1) is 31.0. The minimum absolute atomic E-state index is 0.0422. The van der Waals surface area contributed by atoms with Gasteiger partial charge in [0.15, 0.2) is 0 Å². The molecule has 3 aliphatic heterocycles.